The van der Waals surface area contributed by atoms with Crippen LogP contribution in [0.25, 0.3) is 0 Å². The van der Waals surface area contributed by atoms with Gasteiger partial charge in [-0.05, 0) is 74.3 Å². The average molecular weight is 375 g/mol. The fourth-order valence-corrected chi connectivity index (χ4v) is 3.97. The van der Waals surface area contributed by atoms with Gasteiger partial charge in [0, 0.05) is 11.5 Å². The van der Waals surface area contributed by atoms with E-state index in [4.69, 9.17) is 0 Å². The second kappa shape index (κ2) is 14.1. The van der Waals surface area contributed by atoms with Gasteiger partial charge in [0.05, 0.1) is 0 Å². The van der Waals surface area contributed by atoms with E-state index in [1.165, 1.54) is 82.6 Å². The van der Waals surface area contributed by atoms with Crippen molar-refractivity contribution in [3.05, 3.63) is 47.5 Å². The van der Waals surface area contributed by atoms with Crippen LogP contribution in [0.4, 0.5) is 0 Å². The smallest absolute Gasteiger partial charge is 0.0249 e. The summed E-state index contributed by atoms with van der Waals surface area (Å²) >= 11 is 0. The van der Waals surface area contributed by atoms with E-state index in [1.54, 1.807) is 0 Å². The van der Waals surface area contributed by atoms with Crippen LogP contribution in [0.1, 0.15) is 95.6 Å². The molecule has 0 radical (unpaired) electrons. The first-order valence-electron chi connectivity index (χ1n) is 11.6. The lowest BCUT2D eigenvalue weighted by atomic mass is 9.80. The number of hydrogen-bond acceptors (Lipinski definition) is 0. The van der Waals surface area contributed by atoms with Crippen molar-refractivity contribution in [2.75, 3.05) is 0 Å². The number of unbranched alkanes of at least 4 members (excludes halogenated alkanes) is 4. The van der Waals surface area contributed by atoms with E-state index in [2.05, 4.69) is 61.8 Å². The van der Waals surface area contributed by atoms with E-state index < -0.39 is 0 Å². The van der Waals surface area contributed by atoms with Crippen LogP contribution < -0.4 is 0 Å². The highest BCUT2D eigenvalue weighted by atomic mass is 14.2. The largest absolute Gasteiger partial charge is 0.0951 e. The zero-order valence-electron chi connectivity index (χ0n) is 18.1. The van der Waals surface area contributed by atoms with E-state index in [1.807, 2.05) is 12.2 Å². The molecule has 28 heavy (non-hydrogen) atoms. The van der Waals surface area contributed by atoms with Crippen LogP contribution in [0.2, 0.25) is 0 Å². The Morgan fingerprint density at radius 1 is 0.821 bits per heavy atom. The summed E-state index contributed by atoms with van der Waals surface area (Å²) in [7, 11) is 0. The molecular formula is C28H38. The number of hydrogen-bond donors (Lipinski definition) is 0. The van der Waals surface area contributed by atoms with Gasteiger partial charge in [0.2, 0.25) is 0 Å². The SMILES string of the molecule is CCCCCCc1ccc(C#C/C=C/C#CC2CCC(CCCC)CC2)cc1. The Morgan fingerprint density at radius 2 is 1.54 bits per heavy atom. The van der Waals surface area contributed by atoms with Crippen molar-refractivity contribution in [3.8, 4) is 23.7 Å². The second-order valence-electron chi connectivity index (χ2n) is 8.26. The molecule has 1 fully saturated rings. The Labute approximate surface area is 174 Å². The van der Waals surface area contributed by atoms with E-state index in [0.29, 0.717) is 5.92 Å². The molecule has 0 spiro atoms. The highest BCUT2D eigenvalue weighted by Crippen LogP contribution is 2.31. The summed E-state index contributed by atoms with van der Waals surface area (Å²) in [6.45, 7) is 4.55. The number of benzene rings is 1. The van der Waals surface area contributed by atoms with Crippen molar-refractivity contribution < 1.29 is 0 Å². The number of allylic oxidation sites excluding steroid dienone is 2. The molecule has 0 N–H and O–H groups in total. The predicted octanol–water partition coefficient (Wildman–Crippen LogP) is 7.72. The number of rotatable bonds is 8. The minimum Gasteiger partial charge on any atom is -0.0951 e. The summed E-state index contributed by atoms with van der Waals surface area (Å²) in [6, 6.07) is 8.71. The molecule has 0 unspecified atom stereocenters. The van der Waals surface area contributed by atoms with E-state index in [-0.39, 0.29) is 0 Å². The zero-order chi connectivity index (χ0) is 19.9. The highest BCUT2D eigenvalue weighted by molar-refractivity contribution is 5.39. The van der Waals surface area contributed by atoms with Gasteiger partial charge in [0.25, 0.3) is 0 Å². The molecule has 1 aliphatic carbocycles. The third kappa shape index (κ3) is 9.33. The minimum absolute atomic E-state index is 0.598. The van der Waals surface area contributed by atoms with Crippen LogP contribution in [-0.4, -0.2) is 0 Å². The molecule has 1 aliphatic rings. The molecule has 0 heteroatoms. The first-order chi connectivity index (χ1) is 13.8. The quantitative estimate of drug-likeness (QED) is 0.323. The van der Waals surface area contributed by atoms with E-state index in [9.17, 15) is 0 Å². The van der Waals surface area contributed by atoms with Crippen molar-refractivity contribution in [1.29, 1.82) is 0 Å². The Kier molecular flexibility index (Phi) is 11.3. The van der Waals surface area contributed by atoms with Crippen LogP contribution in [0.3, 0.4) is 0 Å². The Balaban J connectivity index is 1.69. The normalized spacial score (nSPS) is 18.9. The van der Waals surface area contributed by atoms with Crippen LogP contribution in [-0.2, 0) is 6.42 Å². The van der Waals surface area contributed by atoms with Gasteiger partial charge >= 0.3 is 0 Å². The molecule has 0 bridgehead atoms. The lowest BCUT2D eigenvalue weighted by molar-refractivity contribution is 0.296. The highest BCUT2D eigenvalue weighted by Gasteiger charge is 2.18. The van der Waals surface area contributed by atoms with E-state index >= 15 is 0 Å². The second-order valence-corrected chi connectivity index (χ2v) is 8.26. The topological polar surface area (TPSA) is 0 Å². The van der Waals surface area contributed by atoms with Crippen molar-refractivity contribution in [1.82, 2.24) is 0 Å². The monoisotopic (exact) mass is 374 g/mol. The molecule has 1 aromatic carbocycles. The molecule has 1 aromatic rings. The summed E-state index contributed by atoms with van der Waals surface area (Å²) in [6.07, 6.45) is 19.7. The van der Waals surface area contributed by atoms with Crippen LogP contribution in [0.5, 0.6) is 0 Å². The third-order valence-electron chi connectivity index (χ3n) is 5.84. The van der Waals surface area contributed by atoms with Gasteiger partial charge in [-0.1, -0.05) is 88.2 Å². The molecule has 0 heterocycles. The molecular weight excluding hydrogens is 336 g/mol. The standard InChI is InChI=1S/C28H38/c1-3-5-7-10-14-26-21-23-28(24-22-26)16-12-9-8-11-15-27-19-17-25(18-20-27)13-6-4-2/h8-9,21-25,27H,3-7,10,13-14,17-20H2,1-2H3/b9-8+. The molecule has 0 nitrogen and oxygen atoms in total. The van der Waals surface area contributed by atoms with Crippen LogP contribution >= 0.6 is 0 Å². The maximum Gasteiger partial charge on any atom is 0.0249 e. The summed E-state index contributed by atoms with van der Waals surface area (Å²) in [5.41, 5.74) is 2.51. The number of aryl methyl sites for hydroxylation is 1. The summed E-state index contributed by atoms with van der Waals surface area (Å²) in [5.74, 6) is 14.5. The Bertz CT molecular complexity index is 676. The zero-order valence-corrected chi connectivity index (χ0v) is 18.1. The lowest BCUT2D eigenvalue weighted by Crippen LogP contribution is -2.13. The third-order valence-corrected chi connectivity index (χ3v) is 5.84. The Morgan fingerprint density at radius 3 is 2.25 bits per heavy atom. The Hall–Kier alpha value is -1.92. The van der Waals surface area contributed by atoms with Crippen molar-refractivity contribution in [2.24, 2.45) is 11.8 Å². The minimum atomic E-state index is 0.598. The molecule has 150 valence electrons. The van der Waals surface area contributed by atoms with E-state index in [0.717, 1.165) is 11.5 Å². The van der Waals surface area contributed by atoms with Gasteiger partial charge in [-0.25, -0.2) is 0 Å². The summed E-state index contributed by atoms with van der Waals surface area (Å²) in [5, 5.41) is 0. The van der Waals surface area contributed by atoms with Gasteiger partial charge in [0.1, 0.15) is 0 Å². The van der Waals surface area contributed by atoms with Gasteiger partial charge < -0.3 is 0 Å². The average Bonchev–Trinajstić information content (AvgIpc) is 2.74. The lowest BCUT2D eigenvalue weighted by Gasteiger charge is -2.25. The predicted molar refractivity (Wildman–Crippen MR) is 123 cm³/mol. The summed E-state index contributed by atoms with van der Waals surface area (Å²) < 4.78 is 0. The molecule has 1 saturated carbocycles. The summed E-state index contributed by atoms with van der Waals surface area (Å²) in [4.78, 5) is 0. The first-order valence-corrected chi connectivity index (χ1v) is 11.6. The maximum atomic E-state index is 3.43. The van der Waals surface area contributed by atoms with Crippen LogP contribution in [0.15, 0.2) is 36.4 Å². The van der Waals surface area contributed by atoms with Gasteiger partial charge in [0.15, 0.2) is 0 Å². The molecule has 2 rings (SSSR count). The molecule has 0 aliphatic heterocycles. The fraction of sp³-hybridized carbons (Fsp3) is 0.571. The first kappa shape index (κ1) is 22.4. The fourth-order valence-electron chi connectivity index (χ4n) is 3.97. The van der Waals surface area contributed by atoms with Crippen molar-refractivity contribution in [2.45, 2.75) is 90.9 Å². The molecule has 0 atom stereocenters. The van der Waals surface area contributed by atoms with Gasteiger partial charge in [-0.3, -0.25) is 0 Å². The van der Waals surface area contributed by atoms with Gasteiger partial charge in [-0.15, -0.1) is 0 Å². The maximum absolute atomic E-state index is 3.43. The molecule has 0 aromatic heterocycles. The van der Waals surface area contributed by atoms with Crippen LogP contribution in [0, 0.1) is 35.5 Å². The molecule has 0 saturated heterocycles. The molecule has 0 amide bonds. The van der Waals surface area contributed by atoms with Crippen molar-refractivity contribution in [3.63, 3.8) is 0 Å². The van der Waals surface area contributed by atoms with Gasteiger partial charge in [-0.2, -0.15) is 0 Å². The van der Waals surface area contributed by atoms with Crippen molar-refractivity contribution >= 4 is 0 Å².